The minimum absolute atomic E-state index is 0.0982. The summed E-state index contributed by atoms with van der Waals surface area (Å²) in [5.74, 6) is -0.511. The zero-order valence-corrected chi connectivity index (χ0v) is 15.9. The maximum Gasteiger partial charge on any atom is 0.416 e. The summed E-state index contributed by atoms with van der Waals surface area (Å²) in [6.07, 6.45) is -4.56. The van der Waals surface area contributed by atoms with Gasteiger partial charge in [0.15, 0.2) is 0 Å². The van der Waals surface area contributed by atoms with Gasteiger partial charge in [0.1, 0.15) is 12.3 Å². The number of para-hydroxylation sites is 2. The van der Waals surface area contributed by atoms with Crippen LogP contribution in [-0.4, -0.2) is 21.6 Å². The number of benzene rings is 2. The fourth-order valence-electron chi connectivity index (χ4n) is 3.15. The van der Waals surface area contributed by atoms with Crippen molar-refractivity contribution in [2.75, 3.05) is 11.9 Å². The van der Waals surface area contributed by atoms with Gasteiger partial charge in [-0.05, 0) is 44.2 Å². The van der Waals surface area contributed by atoms with Crippen LogP contribution in [0.15, 0.2) is 47.3 Å². The quantitative estimate of drug-likeness (QED) is 0.675. The van der Waals surface area contributed by atoms with Gasteiger partial charge >= 0.3 is 11.9 Å². The number of carbonyl (C=O) groups is 1. The van der Waals surface area contributed by atoms with Crippen LogP contribution >= 0.6 is 0 Å². The van der Waals surface area contributed by atoms with Gasteiger partial charge in [-0.2, -0.15) is 13.2 Å². The molecule has 2 aromatic carbocycles. The fourth-order valence-corrected chi connectivity index (χ4v) is 3.15. The van der Waals surface area contributed by atoms with Crippen LogP contribution < -0.4 is 15.7 Å². The van der Waals surface area contributed by atoms with Crippen LogP contribution in [0.25, 0.3) is 11.0 Å². The summed E-state index contributed by atoms with van der Waals surface area (Å²) < 4.78 is 47.2. The highest BCUT2D eigenvalue weighted by Crippen LogP contribution is 2.35. The van der Waals surface area contributed by atoms with Gasteiger partial charge in [-0.1, -0.05) is 12.1 Å². The van der Waals surface area contributed by atoms with E-state index in [4.69, 9.17) is 4.74 Å². The Bertz CT molecular complexity index is 1100. The third-order valence-electron chi connectivity index (χ3n) is 4.42. The van der Waals surface area contributed by atoms with Gasteiger partial charge in [0.2, 0.25) is 5.91 Å². The van der Waals surface area contributed by atoms with E-state index in [1.165, 1.54) is 9.13 Å². The molecule has 29 heavy (non-hydrogen) atoms. The molecule has 0 saturated carbocycles. The Balaban J connectivity index is 1.93. The number of imidazole rings is 1. The number of nitrogens with zero attached hydrogens (tertiary/aromatic N) is 2. The zero-order chi connectivity index (χ0) is 21.2. The van der Waals surface area contributed by atoms with Gasteiger partial charge in [0.25, 0.3) is 0 Å². The molecular weight excluding hydrogens is 387 g/mol. The molecule has 1 heterocycles. The van der Waals surface area contributed by atoms with E-state index in [-0.39, 0.29) is 30.3 Å². The smallest absolute Gasteiger partial charge is 0.416 e. The molecule has 1 amide bonds. The first-order chi connectivity index (χ1) is 13.8. The highest BCUT2D eigenvalue weighted by Gasteiger charge is 2.31. The summed E-state index contributed by atoms with van der Waals surface area (Å²) in [6, 6.07) is 9.89. The minimum atomic E-state index is -4.56. The van der Waals surface area contributed by atoms with Crippen molar-refractivity contribution in [2.24, 2.45) is 0 Å². The van der Waals surface area contributed by atoms with Crippen molar-refractivity contribution in [1.82, 2.24) is 9.13 Å². The van der Waals surface area contributed by atoms with Crippen molar-refractivity contribution in [1.29, 1.82) is 0 Å². The van der Waals surface area contributed by atoms with E-state index in [1.54, 1.807) is 31.2 Å². The third-order valence-corrected chi connectivity index (χ3v) is 4.42. The second kappa shape index (κ2) is 8.02. The number of halogens is 3. The van der Waals surface area contributed by atoms with E-state index < -0.39 is 17.6 Å². The van der Waals surface area contributed by atoms with Gasteiger partial charge in [-0.15, -0.1) is 0 Å². The van der Waals surface area contributed by atoms with Gasteiger partial charge in [0, 0.05) is 6.54 Å². The third kappa shape index (κ3) is 4.13. The van der Waals surface area contributed by atoms with Crippen molar-refractivity contribution in [3.8, 4) is 5.75 Å². The van der Waals surface area contributed by atoms with Gasteiger partial charge in [-0.25, -0.2) is 4.79 Å². The zero-order valence-electron chi connectivity index (χ0n) is 15.9. The van der Waals surface area contributed by atoms with Crippen LogP contribution in [0.4, 0.5) is 18.9 Å². The molecule has 0 aliphatic carbocycles. The molecule has 1 aromatic heterocycles. The molecule has 0 fully saturated rings. The van der Waals surface area contributed by atoms with E-state index in [0.29, 0.717) is 17.6 Å². The molecule has 9 heteroatoms. The van der Waals surface area contributed by atoms with E-state index in [1.807, 2.05) is 6.92 Å². The maximum absolute atomic E-state index is 13.0. The molecule has 0 bridgehead atoms. The Labute approximate surface area is 164 Å². The van der Waals surface area contributed by atoms with E-state index in [0.717, 1.165) is 18.2 Å². The molecule has 3 rings (SSSR count). The van der Waals surface area contributed by atoms with Crippen molar-refractivity contribution < 1.29 is 22.7 Å². The first-order valence-corrected chi connectivity index (χ1v) is 9.08. The SMILES string of the molecule is CCOc1ccc(C(F)(F)F)cc1NC(=O)Cn1c(=O)n(CC)c2ccccc21. The Morgan fingerprint density at radius 3 is 2.31 bits per heavy atom. The predicted octanol–water partition coefficient (Wildman–Crippen LogP) is 3.88. The highest BCUT2D eigenvalue weighted by atomic mass is 19.4. The number of amides is 1. The normalized spacial score (nSPS) is 11.6. The fraction of sp³-hybridized carbons (Fsp3) is 0.300. The van der Waals surface area contributed by atoms with Crippen molar-refractivity contribution >= 4 is 22.6 Å². The monoisotopic (exact) mass is 407 g/mol. The molecular formula is C20H20F3N3O3. The van der Waals surface area contributed by atoms with E-state index in [2.05, 4.69) is 5.32 Å². The van der Waals surface area contributed by atoms with Crippen molar-refractivity contribution in [3.05, 3.63) is 58.5 Å². The summed E-state index contributed by atoms with van der Waals surface area (Å²) in [5, 5.41) is 2.44. The van der Waals surface area contributed by atoms with Crippen LogP contribution in [0.5, 0.6) is 5.75 Å². The van der Waals surface area contributed by atoms with Crippen LogP contribution in [0.3, 0.4) is 0 Å². The largest absolute Gasteiger partial charge is 0.492 e. The average Bonchev–Trinajstić information content (AvgIpc) is 2.93. The molecule has 0 unspecified atom stereocenters. The van der Waals surface area contributed by atoms with Crippen LogP contribution in [0, 0.1) is 0 Å². The number of alkyl halides is 3. The number of anilines is 1. The Morgan fingerprint density at radius 2 is 1.72 bits per heavy atom. The number of rotatable bonds is 6. The van der Waals surface area contributed by atoms with Crippen LogP contribution in [0.1, 0.15) is 19.4 Å². The number of ether oxygens (including phenoxy) is 1. The molecule has 6 nitrogen and oxygen atoms in total. The first kappa shape index (κ1) is 20.5. The lowest BCUT2D eigenvalue weighted by molar-refractivity contribution is -0.137. The summed E-state index contributed by atoms with van der Waals surface area (Å²) >= 11 is 0. The van der Waals surface area contributed by atoms with Crippen molar-refractivity contribution in [3.63, 3.8) is 0 Å². The Kier molecular flexibility index (Phi) is 5.67. The Hall–Kier alpha value is -3.23. The molecule has 0 aliphatic rings. The molecule has 0 radical (unpaired) electrons. The van der Waals surface area contributed by atoms with E-state index >= 15 is 0 Å². The topological polar surface area (TPSA) is 65.3 Å². The number of aromatic nitrogens is 2. The minimum Gasteiger partial charge on any atom is -0.492 e. The summed E-state index contributed by atoms with van der Waals surface area (Å²) in [7, 11) is 0. The molecule has 0 aliphatic heterocycles. The Morgan fingerprint density at radius 1 is 1.07 bits per heavy atom. The summed E-state index contributed by atoms with van der Waals surface area (Å²) in [6.45, 7) is 3.81. The first-order valence-electron chi connectivity index (χ1n) is 9.08. The molecule has 154 valence electrons. The lowest BCUT2D eigenvalue weighted by atomic mass is 10.1. The van der Waals surface area contributed by atoms with Gasteiger partial charge in [0.05, 0.1) is 28.9 Å². The molecule has 3 aromatic rings. The number of fused-ring (bicyclic) bond motifs is 1. The number of hydrogen-bond donors (Lipinski definition) is 1. The summed E-state index contributed by atoms with van der Waals surface area (Å²) in [4.78, 5) is 25.2. The standard InChI is InChI=1S/C20H20F3N3O3/c1-3-25-15-7-5-6-8-16(15)26(19(25)28)12-18(27)24-14-11-13(20(21,22)23)9-10-17(14)29-4-2/h5-11H,3-4,12H2,1-2H3,(H,24,27). The lowest BCUT2D eigenvalue weighted by Gasteiger charge is -2.15. The number of hydrogen-bond acceptors (Lipinski definition) is 3. The van der Waals surface area contributed by atoms with E-state index in [9.17, 15) is 22.8 Å². The lowest BCUT2D eigenvalue weighted by Crippen LogP contribution is -2.29. The molecule has 0 atom stereocenters. The molecule has 1 N–H and O–H groups in total. The maximum atomic E-state index is 13.0. The summed E-state index contributed by atoms with van der Waals surface area (Å²) in [5.41, 5.74) is -0.113. The predicted molar refractivity (Wildman–Crippen MR) is 103 cm³/mol. The molecule has 0 saturated heterocycles. The van der Waals surface area contributed by atoms with Crippen molar-refractivity contribution in [2.45, 2.75) is 33.1 Å². The highest BCUT2D eigenvalue weighted by molar-refractivity contribution is 5.93. The number of carbonyl (C=O) groups excluding carboxylic acids is 1. The number of aryl methyl sites for hydroxylation is 1. The van der Waals surface area contributed by atoms with Crippen LogP contribution in [-0.2, 0) is 24.1 Å². The number of nitrogens with one attached hydrogen (secondary N) is 1. The average molecular weight is 407 g/mol. The molecule has 0 spiro atoms. The van der Waals surface area contributed by atoms with Gasteiger partial charge in [-0.3, -0.25) is 13.9 Å². The second-order valence-corrected chi connectivity index (χ2v) is 6.29. The second-order valence-electron chi connectivity index (χ2n) is 6.29. The van der Waals surface area contributed by atoms with Crippen LogP contribution in [0.2, 0.25) is 0 Å². The van der Waals surface area contributed by atoms with Gasteiger partial charge < -0.3 is 10.1 Å².